The predicted octanol–water partition coefficient (Wildman–Crippen LogP) is 1.40. The molecule has 100 valence electrons. The van der Waals surface area contributed by atoms with E-state index in [2.05, 4.69) is 9.46 Å². The lowest BCUT2D eigenvalue weighted by molar-refractivity contribution is -0.140. The smallest absolute Gasteiger partial charge is 0.325 e. The fraction of sp³-hybridized carbons (Fsp3) is 0.300. The van der Waals surface area contributed by atoms with Crippen LogP contribution >= 0.6 is 23.2 Å². The van der Waals surface area contributed by atoms with E-state index in [-0.39, 0.29) is 11.4 Å². The number of carbonyl (C=O) groups excluding carboxylic acids is 1. The number of alkyl halides is 1. The largest absolute Gasteiger partial charge is 0.468 e. The zero-order chi connectivity index (χ0) is 13.8. The van der Waals surface area contributed by atoms with Gasteiger partial charge in [-0.3, -0.25) is 4.79 Å². The number of benzene rings is 1. The Labute approximate surface area is 115 Å². The van der Waals surface area contributed by atoms with Gasteiger partial charge in [-0.05, 0) is 24.3 Å². The molecule has 0 radical (unpaired) electrons. The first kappa shape index (κ1) is 15.2. The third-order valence-corrected chi connectivity index (χ3v) is 4.06. The quantitative estimate of drug-likeness (QED) is 0.659. The molecule has 0 aliphatic heterocycles. The molecule has 0 saturated carbocycles. The molecule has 0 aliphatic carbocycles. The van der Waals surface area contributed by atoms with E-state index < -0.39 is 21.4 Å². The normalized spacial score (nSPS) is 13.1. The second-order valence-electron chi connectivity index (χ2n) is 3.30. The van der Waals surface area contributed by atoms with Crippen LogP contribution in [-0.4, -0.2) is 33.4 Å². The summed E-state index contributed by atoms with van der Waals surface area (Å²) < 4.78 is 30.2. The highest BCUT2D eigenvalue weighted by Crippen LogP contribution is 2.14. The maximum Gasteiger partial charge on any atom is 0.325 e. The zero-order valence-corrected chi connectivity index (χ0v) is 11.7. The topological polar surface area (TPSA) is 72.5 Å². The third kappa shape index (κ3) is 4.13. The number of halogens is 2. The van der Waals surface area contributed by atoms with Crippen LogP contribution in [0.4, 0.5) is 0 Å². The highest BCUT2D eigenvalue weighted by atomic mass is 35.5. The van der Waals surface area contributed by atoms with Crippen molar-refractivity contribution in [3.05, 3.63) is 29.3 Å². The van der Waals surface area contributed by atoms with Crippen molar-refractivity contribution in [1.82, 2.24) is 4.72 Å². The van der Waals surface area contributed by atoms with Crippen LogP contribution in [0.3, 0.4) is 0 Å². The zero-order valence-electron chi connectivity index (χ0n) is 9.39. The number of sulfonamides is 1. The Balaban J connectivity index is 2.71. The van der Waals surface area contributed by atoms with E-state index in [4.69, 9.17) is 23.2 Å². The van der Waals surface area contributed by atoms with E-state index in [0.717, 1.165) is 0 Å². The van der Waals surface area contributed by atoms with Crippen LogP contribution in [0.15, 0.2) is 29.2 Å². The summed E-state index contributed by atoms with van der Waals surface area (Å²) in [5, 5.41) is -0.643. The van der Waals surface area contributed by atoms with E-state index in [1.807, 2.05) is 0 Å². The molecule has 1 aromatic carbocycles. The van der Waals surface area contributed by atoms with Crippen LogP contribution in [0, 0.1) is 0 Å². The Morgan fingerprint density at radius 1 is 1.39 bits per heavy atom. The minimum Gasteiger partial charge on any atom is -0.468 e. The molecule has 18 heavy (non-hydrogen) atoms. The number of carbonyl (C=O) groups is 1. The molecule has 0 fully saturated rings. The van der Waals surface area contributed by atoms with E-state index >= 15 is 0 Å². The van der Waals surface area contributed by atoms with Gasteiger partial charge in [0.25, 0.3) is 0 Å². The Hall–Kier alpha value is -0.820. The molecule has 0 bridgehead atoms. The van der Waals surface area contributed by atoms with Gasteiger partial charge >= 0.3 is 5.97 Å². The van der Waals surface area contributed by atoms with Crippen LogP contribution in [0.1, 0.15) is 0 Å². The van der Waals surface area contributed by atoms with E-state index in [0.29, 0.717) is 5.02 Å². The molecular formula is C10H11Cl2NO4S. The molecular weight excluding hydrogens is 301 g/mol. The van der Waals surface area contributed by atoms with Crippen molar-refractivity contribution in [3.8, 4) is 0 Å². The number of rotatable bonds is 5. The number of esters is 1. The molecule has 0 amide bonds. The van der Waals surface area contributed by atoms with Gasteiger partial charge in [-0.1, -0.05) is 11.6 Å². The second kappa shape index (κ2) is 6.38. The standard InChI is InChI=1S/C10H11Cl2NO4S/c1-17-10(14)9(12)6-13-18(15,16)8-4-2-7(11)3-5-8/h2-5,9,13H,6H2,1H3. The van der Waals surface area contributed by atoms with E-state index in [9.17, 15) is 13.2 Å². The summed E-state index contributed by atoms with van der Waals surface area (Å²) in [6.07, 6.45) is 0. The summed E-state index contributed by atoms with van der Waals surface area (Å²) in [5.74, 6) is -0.699. The lowest BCUT2D eigenvalue weighted by atomic mass is 10.4. The van der Waals surface area contributed by atoms with E-state index in [1.165, 1.54) is 31.4 Å². The maximum absolute atomic E-state index is 11.8. The fourth-order valence-corrected chi connectivity index (χ4v) is 2.52. The number of nitrogens with one attached hydrogen (secondary N) is 1. The Kier molecular flexibility index (Phi) is 5.40. The van der Waals surface area contributed by atoms with Crippen molar-refractivity contribution in [2.24, 2.45) is 0 Å². The van der Waals surface area contributed by atoms with E-state index in [1.54, 1.807) is 0 Å². The molecule has 1 rings (SSSR count). The van der Waals surface area contributed by atoms with Crippen molar-refractivity contribution in [3.63, 3.8) is 0 Å². The summed E-state index contributed by atoms with van der Waals surface area (Å²) in [6.45, 7) is -0.251. The van der Waals surface area contributed by atoms with Gasteiger partial charge in [-0.15, -0.1) is 11.6 Å². The summed E-state index contributed by atoms with van der Waals surface area (Å²) in [7, 11) is -2.54. The van der Waals surface area contributed by atoms with Crippen molar-refractivity contribution >= 4 is 39.2 Å². The Morgan fingerprint density at radius 3 is 2.44 bits per heavy atom. The first-order valence-corrected chi connectivity index (χ1v) is 7.13. The van der Waals surface area contributed by atoms with Gasteiger partial charge in [0.15, 0.2) is 0 Å². The van der Waals surface area contributed by atoms with Crippen LogP contribution < -0.4 is 4.72 Å². The van der Waals surface area contributed by atoms with Gasteiger partial charge in [-0.2, -0.15) is 0 Å². The average molecular weight is 312 g/mol. The molecule has 0 heterocycles. The molecule has 0 aliphatic rings. The minimum atomic E-state index is -3.71. The second-order valence-corrected chi connectivity index (χ2v) is 6.03. The minimum absolute atomic E-state index is 0.0423. The molecule has 5 nitrogen and oxygen atoms in total. The SMILES string of the molecule is COC(=O)C(Cl)CNS(=O)(=O)c1ccc(Cl)cc1. The van der Waals surface area contributed by atoms with Gasteiger partial charge in [0, 0.05) is 11.6 Å². The first-order valence-electron chi connectivity index (χ1n) is 4.84. The summed E-state index contributed by atoms with van der Waals surface area (Å²) in [4.78, 5) is 11.0. The van der Waals surface area contributed by atoms with Crippen LogP contribution in [0.5, 0.6) is 0 Å². The molecule has 8 heteroatoms. The van der Waals surface area contributed by atoms with Crippen molar-refractivity contribution in [2.45, 2.75) is 10.3 Å². The van der Waals surface area contributed by atoms with Gasteiger partial charge in [0.1, 0.15) is 5.38 Å². The van der Waals surface area contributed by atoms with Gasteiger partial charge < -0.3 is 4.74 Å². The highest BCUT2D eigenvalue weighted by molar-refractivity contribution is 7.89. The summed E-state index contributed by atoms with van der Waals surface area (Å²) >= 11 is 11.3. The van der Waals surface area contributed by atoms with Crippen molar-refractivity contribution in [2.75, 3.05) is 13.7 Å². The molecule has 1 aromatic rings. The predicted molar refractivity (Wildman–Crippen MR) is 68.3 cm³/mol. The Morgan fingerprint density at radius 2 is 1.94 bits per heavy atom. The molecule has 0 aromatic heterocycles. The average Bonchev–Trinajstić information content (AvgIpc) is 2.35. The van der Waals surface area contributed by atoms with Crippen LogP contribution in [0.2, 0.25) is 5.02 Å². The van der Waals surface area contributed by atoms with Crippen molar-refractivity contribution in [1.29, 1.82) is 0 Å². The molecule has 0 spiro atoms. The van der Waals surface area contributed by atoms with Crippen molar-refractivity contribution < 1.29 is 17.9 Å². The third-order valence-electron chi connectivity index (χ3n) is 2.03. The van der Waals surface area contributed by atoms with Gasteiger partial charge in [0.2, 0.25) is 10.0 Å². The molecule has 1 atom stereocenters. The molecule has 1 unspecified atom stereocenters. The fourth-order valence-electron chi connectivity index (χ4n) is 1.09. The summed E-state index contributed by atoms with van der Waals surface area (Å²) in [6, 6.07) is 5.61. The maximum atomic E-state index is 11.8. The molecule has 1 N–H and O–H groups in total. The lowest BCUT2D eigenvalue weighted by Gasteiger charge is -2.09. The monoisotopic (exact) mass is 311 g/mol. The Bertz CT molecular complexity index is 515. The number of methoxy groups -OCH3 is 1. The van der Waals surface area contributed by atoms with Crippen LogP contribution in [0.25, 0.3) is 0 Å². The lowest BCUT2D eigenvalue weighted by Crippen LogP contribution is -2.34. The van der Waals surface area contributed by atoms with Crippen LogP contribution in [-0.2, 0) is 19.6 Å². The number of hydrogen-bond acceptors (Lipinski definition) is 4. The van der Waals surface area contributed by atoms with Gasteiger partial charge in [-0.25, -0.2) is 13.1 Å². The first-order chi connectivity index (χ1) is 8.36. The highest BCUT2D eigenvalue weighted by Gasteiger charge is 2.20. The number of ether oxygens (including phenoxy) is 1. The number of hydrogen-bond donors (Lipinski definition) is 1. The summed E-state index contributed by atoms with van der Waals surface area (Å²) in [5.41, 5.74) is 0. The van der Waals surface area contributed by atoms with Gasteiger partial charge in [0.05, 0.1) is 12.0 Å². The molecule has 0 saturated heterocycles.